The van der Waals surface area contributed by atoms with Crippen LogP contribution in [0, 0.1) is 11.8 Å². The number of hydrogen-bond acceptors (Lipinski definition) is 15. The van der Waals surface area contributed by atoms with Gasteiger partial charge in [0, 0.05) is 19.1 Å². The van der Waals surface area contributed by atoms with Crippen molar-refractivity contribution in [3.05, 3.63) is 184 Å². The van der Waals surface area contributed by atoms with Crippen molar-refractivity contribution < 1.29 is 125 Å². The Kier molecular flexibility index (Phi) is 92.2. The zero-order chi connectivity index (χ0) is 80.5. The van der Waals surface area contributed by atoms with Crippen LogP contribution in [0.3, 0.4) is 0 Å². The van der Waals surface area contributed by atoms with E-state index in [1.165, 1.54) is 11.8 Å². The fraction of sp³-hybridized carbons (Fsp3) is 0.557. The van der Waals surface area contributed by atoms with Gasteiger partial charge >= 0.3 is 31.8 Å². The minimum absolute atomic E-state index is 0.205. The number of thioether (sulfide) groups is 1. The summed E-state index contributed by atoms with van der Waals surface area (Å²) in [4.78, 5) is 0. The van der Waals surface area contributed by atoms with Crippen LogP contribution in [-0.2, 0) is 48.7 Å². The number of thiocarbonyl (C=S) groups is 1. The van der Waals surface area contributed by atoms with Gasteiger partial charge in [-0.05, 0) is 94.5 Å². The van der Waals surface area contributed by atoms with Gasteiger partial charge in [-0.1, -0.05) is 256 Å². The normalized spacial score (nSPS) is 10.6. The minimum atomic E-state index is -4.48. The average molecular weight is 1570 g/mol. The van der Waals surface area contributed by atoms with Crippen molar-refractivity contribution in [2.45, 2.75) is 176 Å². The van der Waals surface area contributed by atoms with Crippen molar-refractivity contribution in [2.24, 2.45) is 11.8 Å². The van der Waals surface area contributed by atoms with Crippen LogP contribution in [0.25, 0.3) is 0 Å². The van der Waals surface area contributed by atoms with E-state index in [4.69, 9.17) is 48.0 Å². The lowest BCUT2D eigenvalue weighted by molar-refractivity contribution is -0.326. The monoisotopic (exact) mass is 1570 g/mol. The third-order valence-electron chi connectivity index (χ3n) is 9.44. The molecule has 0 spiro atoms. The molecule has 0 unspecified atom stereocenters. The molecule has 0 bridgehead atoms. The third kappa shape index (κ3) is 187. The number of ether oxygens (including phenoxy) is 6. The number of aliphatic hydroxyl groups excluding tert-OH is 1. The number of alkyl halides is 15. The highest BCUT2D eigenvalue weighted by atomic mass is 32.2. The Bertz CT molecular complexity index is 2180. The Hall–Kier alpha value is -5.13. The molecule has 13 nitrogen and oxygen atoms in total. The second-order valence-corrected chi connectivity index (χ2v) is 24.5. The predicted molar refractivity (Wildman–Crippen MR) is 382 cm³/mol. The maximum absolute atomic E-state index is 11.3. The van der Waals surface area contributed by atoms with Crippen molar-refractivity contribution in [1.82, 2.24) is 0 Å². The van der Waals surface area contributed by atoms with E-state index in [0.717, 1.165) is 64.2 Å². The lowest BCUT2D eigenvalue weighted by atomic mass is 10.1. The van der Waals surface area contributed by atoms with Gasteiger partial charge in [-0.25, -0.2) is 16.8 Å². The van der Waals surface area contributed by atoms with Crippen molar-refractivity contribution >= 4 is 48.6 Å². The predicted octanol–water partition coefficient (Wildman–Crippen LogP) is 22.5. The topological polar surface area (TPSA) is 190 Å². The van der Waals surface area contributed by atoms with Crippen molar-refractivity contribution in [3.63, 3.8) is 0 Å². The molecular formula is C70H109F15O13S4-2. The molecule has 0 aliphatic carbocycles. The maximum Gasteiger partial charge on any atom is 0.522 e. The highest BCUT2D eigenvalue weighted by molar-refractivity contribution is 8.22. The molecule has 0 aliphatic rings. The quantitative estimate of drug-likeness (QED) is 0.0195. The van der Waals surface area contributed by atoms with Gasteiger partial charge < -0.3 is 18.9 Å². The number of benzene rings is 4. The summed E-state index contributed by atoms with van der Waals surface area (Å²) in [5.41, 5.74) is 0. The van der Waals surface area contributed by atoms with Gasteiger partial charge in [-0.3, -0.25) is 23.7 Å². The third-order valence-corrected chi connectivity index (χ3v) is 10.5. The van der Waals surface area contributed by atoms with Crippen LogP contribution >= 0.6 is 24.0 Å². The number of aliphatic hydroxyl groups is 1. The van der Waals surface area contributed by atoms with Gasteiger partial charge in [0.2, 0.25) is 4.38 Å². The van der Waals surface area contributed by atoms with Crippen molar-refractivity contribution in [1.29, 1.82) is 0 Å². The number of rotatable bonds is 27. The number of hydrogen-bond donors (Lipinski definition) is 1. The first kappa shape index (κ1) is 115. The van der Waals surface area contributed by atoms with E-state index in [2.05, 4.69) is 43.4 Å². The molecule has 1 N–H and O–H groups in total. The fourth-order valence-corrected chi connectivity index (χ4v) is 5.17. The molecule has 0 heterocycles. The van der Waals surface area contributed by atoms with Crippen LogP contribution in [-0.4, -0.2) is 132 Å². The largest absolute Gasteiger partial charge is 0.748 e. The van der Waals surface area contributed by atoms with Crippen molar-refractivity contribution in [2.75, 3.05) is 65.0 Å². The Morgan fingerprint density at radius 3 is 0.765 bits per heavy atom. The number of allylic oxidation sites excluding steroid dienone is 3. The van der Waals surface area contributed by atoms with E-state index < -0.39 is 52.0 Å². The summed E-state index contributed by atoms with van der Waals surface area (Å²) in [6.45, 7) is 21.7. The molecular weight excluding hydrogens is 1460 g/mol. The minimum Gasteiger partial charge on any atom is -0.748 e. The van der Waals surface area contributed by atoms with E-state index in [1.54, 1.807) is 12.2 Å². The molecule has 598 valence electrons. The molecule has 0 aliphatic heterocycles. The Labute approximate surface area is 607 Å². The molecule has 4 aromatic rings. The van der Waals surface area contributed by atoms with Crippen LogP contribution in [0.15, 0.2) is 184 Å². The smallest absolute Gasteiger partial charge is 0.522 e. The van der Waals surface area contributed by atoms with Crippen molar-refractivity contribution in [3.8, 4) is 0 Å². The summed E-state index contributed by atoms with van der Waals surface area (Å²) in [5.74, 6) is 0.504. The molecule has 4 aromatic carbocycles. The maximum atomic E-state index is 11.3. The number of halogens is 15. The Balaban J connectivity index is -0.000000132. The van der Waals surface area contributed by atoms with E-state index in [9.17, 15) is 65.9 Å². The van der Waals surface area contributed by atoms with Crippen LogP contribution < -0.4 is 0 Å². The van der Waals surface area contributed by atoms with Gasteiger partial charge in [0.1, 0.15) is 0 Å². The highest BCUT2D eigenvalue weighted by Crippen LogP contribution is 2.20. The van der Waals surface area contributed by atoms with Gasteiger partial charge in [0.15, 0.2) is 0 Å². The van der Waals surface area contributed by atoms with Gasteiger partial charge in [-0.15, -0.1) is 85.6 Å². The summed E-state index contributed by atoms with van der Waals surface area (Å²) in [7, 11) is -7.83. The zero-order valence-electron chi connectivity index (χ0n) is 59.8. The number of unbranched alkanes of at least 4 members (excludes halogenated alkanes) is 9. The highest BCUT2D eigenvalue weighted by Gasteiger charge is 2.31. The van der Waals surface area contributed by atoms with Crippen LogP contribution in [0.2, 0.25) is 0 Å². The lowest BCUT2D eigenvalue weighted by Gasteiger charge is -2.07. The van der Waals surface area contributed by atoms with E-state index in [-0.39, 0.29) is 51.5 Å². The Morgan fingerprint density at radius 2 is 0.598 bits per heavy atom. The SMILES string of the molecule is C=CCCCO.C=CCCCOC(=S)SC.C=CCCCOC(F)(F)F.CC(C)CCOC(F)(F)F.CC(C)CCOC(F)(F)F.CCCCCCOC(F)(F)F.CCCCCCOC(F)(F)F.CS(=O)(=O)[O-].CS(=O)(=O)[O-].c1ccccc1.c1ccccc1.c1ccccc1.c1ccccc1. The summed E-state index contributed by atoms with van der Waals surface area (Å²) in [6, 6.07) is 48.0. The fourth-order valence-electron chi connectivity index (χ4n) is 4.89. The summed E-state index contributed by atoms with van der Waals surface area (Å²) in [5, 5.41) is 8.15. The van der Waals surface area contributed by atoms with E-state index >= 15 is 0 Å². The Morgan fingerprint density at radius 1 is 0.402 bits per heavy atom. The average Bonchev–Trinajstić information content (AvgIpc) is 1.14. The molecule has 0 fully saturated rings. The standard InChI is InChI=1S/2C7H13F3O.C7H12OS2.2C6H11F3O.C6H9F3O.4C6H6.C5H10O.2CH4O3S/c2*1-2-3-4-5-6-11-7(8,9)10;1-3-4-5-6-8-7(9)10-2;2*1-5(2)3-4-10-6(7,8)9;1-2-3-4-5-10-6(7,8)9;4*1-2-4-6-5-3-1;1-2-3-4-5-6;2*1-5(2,3)4/h2*2-6H2,1H3;3H,1,4-6H2,2H3;2*5H,3-4H2,1-2H3;2H,1,3-5H2;4*1-6H;2,6H,1,3-5H2;2*1H3,(H,2,3,4)/p-2. The zero-order valence-corrected chi connectivity index (χ0v) is 63.0. The van der Waals surface area contributed by atoms with E-state index in [1.807, 2.05) is 199 Å². The van der Waals surface area contributed by atoms with Crippen LogP contribution in [0.4, 0.5) is 65.9 Å². The first-order valence-corrected chi connectivity index (χ1v) is 37.0. The molecule has 0 aromatic heterocycles. The molecule has 0 radical (unpaired) electrons. The van der Waals surface area contributed by atoms with Gasteiger partial charge in [0.05, 0.1) is 59.9 Å². The first-order chi connectivity index (χ1) is 47.2. The lowest BCUT2D eigenvalue weighted by Crippen LogP contribution is -2.15. The summed E-state index contributed by atoms with van der Waals surface area (Å²) < 4.78 is 247. The first-order valence-electron chi connectivity index (χ1n) is 31.7. The van der Waals surface area contributed by atoms with Gasteiger partial charge in [-0.2, -0.15) is 0 Å². The summed E-state index contributed by atoms with van der Waals surface area (Å²) >= 11 is 6.29. The second kappa shape index (κ2) is 81.5. The van der Waals surface area contributed by atoms with E-state index in [0.29, 0.717) is 62.0 Å². The van der Waals surface area contributed by atoms with Crippen LogP contribution in [0.1, 0.15) is 144 Å². The molecule has 0 amide bonds. The molecule has 0 saturated heterocycles. The van der Waals surface area contributed by atoms with Crippen LogP contribution in [0.5, 0.6) is 0 Å². The summed E-state index contributed by atoms with van der Waals surface area (Å²) in [6.07, 6.45) is -1.78. The molecule has 32 heteroatoms. The molecule has 4 rings (SSSR count). The molecule has 0 saturated carbocycles. The second-order valence-electron chi connectivity index (χ2n) is 20.3. The van der Waals surface area contributed by atoms with Gasteiger partial charge in [0.25, 0.3) is 0 Å². The molecule has 0 atom stereocenters. The molecule has 102 heavy (non-hydrogen) atoms.